The molecular weight excluding hydrogens is 248 g/mol. The molecule has 0 aromatic carbocycles. The topological polar surface area (TPSA) is 18.5 Å². The van der Waals surface area contributed by atoms with Crippen molar-refractivity contribution < 1.29 is 9.78 Å². The van der Waals surface area contributed by atoms with E-state index < -0.39 is 0 Å². The zero-order valence-electron chi connectivity index (χ0n) is 15.5. The minimum Gasteiger partial charge on any atom is -0.230 e. The second-order valence-corrected chi connectivity index (χ2v) is 7.51. The van der Waals surface area contributed by atoms with Crippen LogP contribution in [-0.4, -0.2) is 11.2 Å². The molecule has 0 saturated carbocycles. The molecule has 2 nitrogen and oxygen atoms in total. The molecule has 0 aromatic rings. The third kappa shape index (κ3) is 26.5. The van der Waals surface area contributed by atoms with Crippen LogP contribution in [0.4, 0.5) is 0 Å². The first-order valence-corrected chi connectivity index (χ1v) is 8.49. The van der Waals surface area contributed by atoms with Crippen LogP contribution in [-0.2, 0) is 9.78 Å². The summed E-state index contributed by atoms with van der Waals surface area (Å²) in [6.07, 6.45) is 11.5. The van der Waals surface area contributed by atoms with E-state index in [1.54, 1.807) is 0 Å². The van der Waals surface area contributed by atoms with Crippen LogP contribution in [0.1, 0.15) is 107 Å². The van der Waals surface area contributed by atoms with Crippen molar-refractivity contribution in [3.05, 3.63) is 0 Å². The summed E-state index contributed by atoms with van der Waals surface area (Å²) in [5, 5.41) is 0. The molecule has 0 unspecified atom stereocenters. The van der Waals surface area contributed by atoms with Crippen molar-refractivity contribution >= 4 is 0 Å². The van der Waals surface area contributed by atoms with Gasteiger partial charge in [-0.25, -0.2) is 9.78 Å². The Morgan fingerprint density at radius 3 is 0.950 bits per heavy atom. The predicted octanol–water partition coefficient (Wildman–Crippen LogP) is 6.68. The first-order chi connectivity index (χ1) is 9.12. The molecule has 0 aliphatic carbocycles. The standard InChI is InChI=1S/C10H22.C8H18O2/c1-3-5-7-9-10-8-6-4-2;1-7(2,3)9-10-8(4,5)6/h3-10H2,1-2H3;1-6H3. The summed E-state index contributed by atoms with van der Waals surface area (Å²) in [6.45, 7) is 16.3. The van der Waals surface area contributed by atoms with Gasteiger partial charge in [0.2, 0.25) is 0 Å². The highest BCUT2D eigenvalue weighted by Gasteiger charge is 2.18. The van der Waals surface area contributed by atoms with Gasteiger partial charge in [-0.05, 0) is 41.5 Å². The van der Waals surface area contributed by atoms with Gasteiger partial charge in [-0.1, -0.05) is 65.2 Å². The number of rotatable bonds is 8. The van der Waals surface area contributed by atoms with E-state index in [9.17, 15) is 0 Å². The average molecular weight is 289 g/mol. The Balaban J connectivity index is 0. The summed E-state index contributed by atoms with van der Waals surface area (Å²) < 4.78 is 0. The van der Waals surface area contributed by atoms with Crippen LogP contribution in [0.5, 0.6) is 0 Å². The van der Waals surface area contributed by atoms with Crippen LogP contribution in [0.3, 0.4) is 0 Å². The van der Waals surface area contributed by atoms with Crippen molar-refractivity contribution in [2.24, 2.45) is 0 Å². The van der Waals surface area contributed by atoms with Gasteiger partial charge < -0.3 is 0 Å². The van der Waals surface area contributed by atoms with Crippen molar-refractivity contribution in [3.8, 4) is 0 Å². The van der Waals surface area contributed by atoms with E-state index in [4.69, 9.17) is 9.78 Å². The van der Waals surface area contributed by atoms with Crippen LogP contribution in [0.15, 0.2) is 0 Å². The number of unbranched alkanes of at least 4 members (excludes halogenated alkanes) is 7. The van der Waals surface area contributed by atoms with Crippen LogP contribution in [0.25, 0.3) is 0 Å². The summed E-state index contributed by atoms with van der Waals surface area (Å²) in [5.74, 6) is 0. The number of hydrogen-bond acceptors (Lipinski definition) is 2. The monoisotopic (exact) mass is 288 g/mol. The van der Waals surface area contributed by atoms with Crippen LogP contribution < -0.4 is 0 Å². The molecule has 0 radical (unpaired) electrons. The lowest BCUT2D eigenvalue weighted by Crippen LogP contribution is -2.27. The van der Waals surface area contributed by atoms with Crippen molar-refractivity contribution in [1.29, 1.82) is 0 Å². The molecule has 0 aliphatic rings. The van der Waals surface area contributed by atoms with Gasteiger partial charge in [0.05, 0.1) is 11.2 Å². The lowest BCUT2D eigenvalue weighted by atomic mass is 10.1. The van der Waals surface area contributed by atoms with Gasteiger partial charge in [0.1, 0.15) is 0 Å². The summed E-state index contributed by atoms with van der Waals surface area (Å²) in [5.41, 5.74) is -0.430. The fraction of sp³-hybridized carbons (Fsp3) is 1.00. The zero-order chi connectivity index (χ0) is 16.1. The molecule has 0 N–H and O–H groups in total. The van der Waals surface area contributed by atoms with Gasteiger partial charge in [-0.2, -0.15) is 0 Å². The highest BCUT2D eigenvalue weighted by Crippen LogP contribution is 2.14. The summed E-state index contributed by atoms with van der Waals surface area (Å²) in [7, 11) is 0. The molecule has 124 valence electrons. The van der Waals surface area contributed by atoms with Gasteiger partial charge in [0, 0.05) is 0 Å². The maximum absolute atomic E-state index is 5.09. The van der Waals surface area contributed by atoms with E-state index in [0.29, 0.717) is 0 Å². The highest BCUT2D eigenvalue weighted by atomic mass is 17.2. The van der Waals surface area contributed by atoms with Crippen LogP contribution in [0.2, 0.25) is 0 Å². The Morgan fingerprint density at radius 2 is 0.750 bits per heavy atom. The molecule has 0 atom stereocenters. The van der Waals surface area contributed by atoms with Gasteiger partial charge in [0.25, 0.3) is 0 Å². The molecule has 0 rings (SSSR count). The third-order valence-corrected chi connectivity index (χ3v) is 2.50. The lowest BCUT2D eigenvalue weighted by Gasteiger charge is -2.24. The fourth-order valence-corrected chi connectivity index (χ4v) is 1.46. The van der Waals surface area contributed by atoms with E-state index in [1.165, 1.54) is 51.4 Å². The van der Waals surface area contributed by atoms with Crippen LogP contribution in [0, 0.1) is 0 Å². The smallest absolute Gasteiger partial charge is 0.0952 e. The molecular formula is C18H40O2. The van der Waals surface area contributed by atoms with E-state index in [-0.39, 0.29) is 11.2 Å². The van der Waals surface area contributed by atoms with E-state index in [1.807, 2.05) is 41.5 Å². The third-order valence-electron chi connectivity index (χ3n) is 2.50. The Hall–Kier alpha value is -0.0800. The molecule has 0 fully saturated rings. The summed E-state index contributed by atoms with van der Waals surface area (Å²) >= 11 is 0. The van der Waals surface area contributed by atoms with Gasteiger partial charge >= 0.3 is 0 Å². The van der Waals surface area contributed by atoms with E-state index in [2.05, 4.69) is 13.8 Å². The maximum Gasteiger partial charge on any atom is 0.0952 e. The van der Waals surface area contributed by atoms with E-state index in [0.717, 1.165) is 0 Å². The molecule has 0 bridgehead atoms. The van der Waals surface area contributed by atoms with E-state index >= 15 is 0 Å². The molecule has 0 aromatic heterocycles. The van der Waals surface area contributed by atoms with Crippen molar-refractivity contribution in [2.75, 3.05) is 0 Å². The normalized spacial score (nSPS) is 12.0. The van der Waals surface area contributed by atoms with Gasteiger partial charge in [0.15, 0.2) is 0 Å². The van der Waals surface area contributed by atoms with Gasteiger partial charge in [-0.3, -0.25) is 0 Å². The summed E-state index contributed by atoms with van der Waals surface area (Å²) in [6, 6.07) is 0. The van der Waals surface area contributed by atoms with Crippen molar-refractivity contribution in [1.82, 2.24) is 0 Å². The second kappa shape index (κ2) is 12.6. The predicted molar refractivity (Wildman–Crippen MR) is 90.0 cm³/mol. The molecule has 0 saturated heterocycles. The maximum atomic E-state index is 5.09. The first kappa shape index (κ1) is 22.2. The Kier molecular flexibility index (Phi) is 14.0. The fourth-order valence-electron chi connectivity index (χ4n) is 1.46. The van der Waals surface area contributed by atoms with Crippen molar-refractivity contribution in [3.63, 3.8) is 0 Å². The quantitative estimate of drug-likeness (QED) is 0.282. The lowest BCUT2D eigenvalue weighted by molar-refractivity contribution is -0.393. The average Bonchev–Trinajstić information content (AvgIpc) is 2.31. The molecule has 0 aliphatic heterocycles. The second-order valence-electron chi connectivity index (χ2n) is 7.51. The molecule has 2 heteroatoms. The Morgan fingerprint density at radius 1 is 0.500 bits per heavy atom. The Labute approximate surface area is 128 Å². The molecule has 0 amide bonds. The van der Waals surface area contributed by atoms with Gasteiger partial charge in [-0.15, -0.1) is 0 Å². The van der Waals surface area contributed by atoms with Crippen LogP contribution >= 0.6 is 0 Å². The SMILES string of the molecule is CC(C)(C)OOC(C)(C)C.CCCCCCCCCC. The minimum absolute atomic E-state index is 0.215. The largest absolute Gasteiger partial charge is 0.230 e. The highest BCUT2D eigenvalue weighted by molar-refractivity contribution is 4.58. The summed E-state index contributed by atoms with van der Waals surface area (Å²) in [4.78, 5) is 10.2. The molecule has 0 heterocycles. The first-order valence-electron chi connectivity index (χ1n) is 8.49. The van der Waals surface area contributed by atoms with Crippen molar-refractivity contribution in [2.45, 2.75) is 118 Å². The zero-order valence-corrected chi connectivity index (χ0v) is 15.5. The number of hydrogen-bond donors (Lipinski definition) is 0. The molecule has 0 spiro atoms. The molecule has 20 heavy (non-hydrogen) atoms. The minimum atomic E-state index is -0.215. The Bertz CT molecular complexity index is 165.